The smallest absolute Gasteiger partial charge is 0.159 e. The highest BCUT2D eigenvalue weighted by Gasteiger charge is 2.69. The summed E-state index contributed by atoms with van der Waals surface area (Å²) in [5, 5.41) is 0. The van der Waals surface area contributed by atoms with Gasteiger partial charge in [-0.25, -0.2) is 0 Å². The van der Waals surface area contributed by atoms with E-state index in [-0.39, 0.29) is 17.8 Å². The summed E-state index contributed by atoms with van der Waals surface area (Å²) >= 11 is 0. The first-order chi connectivity index (χ1) is 14.4. The van der Waals surface area contributed by atoms with Gasteiger partial charge in [0.2, 0.25) is 0 Å². The van der Waals surface area contributed by atoms with Gasteiger partial charge in [-0.1, -0.05) is 63.2 Å². The number of ether oxygens (including phenoxy) is 2. The Bertz CT molecular complexity index is 1030. The molecule has 4 heteroatoms. The number of hydrogen-bond acceptors (Lipinski definition) is 3. The first-order valence-electron chi connectivity index (χ1n) is 11.3. The number of benzene rings is 2. The van der Waals surface area contributed by atoms with Gasteiger partial charge in [-0.3, -0.25) is 4.21 Å². The van der Waals surface area contributed by atoms with Crippen molar-refractivity contribution in [2.45, 2.75) is 69.2 Å². The van der Waals surface area contributed by atoms with Crippen LogP contribution >= 0.6 is 0 Å². The van der Waals surface area contributed by atoms with E-state index in [1.165, 1.54) is 12.8 Å². The number of rotatable bonds is 2. The molecule has 1 unspecified atom stereocenters. The van der Waals surface area contributed by atoms with Gasteiger partial charge in [0.05, 0.1) is 22.7 Å². The summed E-state index contributed by atoms with van der Waals surface area (Å²) in [6.07, 6.45) is 3.40. The lowest BCUT2D eigenvalue weighted by molar-refractivity contribution is -0.180. The molecule has 2 aliphatic heterocycles. The molecule has 3 nitrogen and oxygen atoms in total. The standard InChI is InChI=1S/C26H30O3S/c1-25(2)20-12-13-26(25,3)24-19(20)14-22(29-24)28-23-17-9-5-4-8-16(17)15-30(27)21-11-7-6-10-18(21)23/h4-11,19-20,22-24H,12-15H2,1-3H3/t19-,20+,22-,23+,24-,26-,30?/m0/s1. The third kappa shape index (κ3) is 2.47. The number of hydrogen-bond donors (Lipinski definition) is 0. The van der Waals surface area contributed by atoms with Crippen molar-refractivity contribution in [1.82, 2.24) is 0 Å². The van der Waals surface area contributed by atoms with Crippen molar-refractivity contribution in [1.29, 1.82) is 0 Å². The molecule has 0 radical (unpaired) electrons. The fourth-order valence-corrected chi connectivity index (χ4v) is 8.45. The van der Waals surface area contributed by atoms with Gasteiger partial charge in [0, 0.05) is 16.9 Å². The fraction of sp³-hybridized carbons (Fsp3) is 0.538. The van der Waals surface area contributed by atoms with Crippen LogP contribution in [0.2, 0.25) is 0 Å². The molecule has 158 valence electrons. The molecule has 1 saturated heterocycles. The van der Waals surface area contributed by atoms with E-state index in [0.717, 1.165) is 33.9 Å². The predicted molar refractivity (Wildman–Crippen MR) is 117 cm³/mol. The molecule has 0 aromatic heterocycles. The topological polar surface area (TPSA) is 35.5 Å². The highest BCUT2D eigenvalue weighted by Crippen LogP contribution is 2.71. The molecule has 0 amide bonds. The van der Waals surface area contributed by atoms with Crippen molar-refractivity contribution < 1.29 is 13.7 Å². The molecule has 7 atom stereocenters. The van der Waals surface area contributed by atoms with E-state index in [2.05, 4.69) is 45.0 Å². The van der Waals surface area contributed by atoms with Crippen LogP contribution in [-0.4, -0.2) is 16.6 Å². The quantitative estimate of drug-likeness (QED) is 0.632. The molecule has 0 spiro atoms. The summed E-state index contributed by atoms with van der Waals surface area (Å²) in [5.74, 6) is 1.86. The Balaban J connectivity index is 1.35. The summed E-state index contributed by atoms with van der Waals surface area (Å²) in [4.78, 5) is 0.894. The van der Waals surface area contributed by atoms with Gasteiger partial charge in [-0.05, 0) is 52.7 Å². The molecule has 0 N–H and O–H groups in total. The Hall–Kier alpha value is -1.49. The lowest BCUT2D eigenvalue weighted by Gasteiger charge is -2.39. The largest absolute Gasteiger partial charge is 0.348 e. The van der Waals surface area contributed by atoms with Crippen molar-refractivity contribution in [3.05, 3.63) is 65.2 Å². The molecule has 4 aliphatic rings. The van der Waals surface area contributed by atoms with Crippen molar-refractivity contribution in [3.8, 4) is 0 Å². The second-order valence-electron chi connectivity index (χ2n) is 10.4. The minimum Gasteiger partial charge on any atom is -0.348 e. The van der Waals surface area contributed by atoms with Crippen molar-refractivity contribution in [3.63, 3.8) is 0 Å². The van der Waals surface area contributed by atoms with Crippen LogP contribution in [0.4, 0.5) is 0 Å². The van der Waals surface area contributed by atoms with Gasteiger partial charge in [0.1, 0.15) is 6.10 Å². The Morgan fingerprint density at radius 3 is 2.57 bits per heavy atom. The van der Waals surface area contributed by atoms with E-state index in [9.17, 15) is 4.21 Å². The second-order valence-corrected chi connectivity index (χ2v) is 11.8. The molecule has 6 rings (SSSR count). The Kier molecular flexibility index (Phi) is 4.17. The molecule has 2 saturated carbocycles. The summed E-state index contributed by atoms with van der Waals surface area (Å²) in [6, 6.07) is 16.4. The predicted octanol–water partition coefficient (Wildman–Crippen LogP) is 5.60. The Morgan fingerprint density at radius 1 is 1.03 bits per heavy atom. The molecule has 2 heterocycles. The van der Waals surface area contributed by atoms with Crippen molar-refractivity contribution in [2.75, 3.05) is 0 Å². The highest BCUT2D eigenvalue weighted by atomic mass is 32.2. The summed E-state index contributed by atoms with van der Waals surface area (Å²) in [6.45, 7) is 7.31. The first-order valence-corrected chi connectivity index (χ1v) is 12.6. The molecular weight excluding hydrogens is 392 g/mol. The van der Waals surface area contributed by atoms with E-state index >= 15 is 0 Å². The molecule has 30 heavy (non-hydrogen) atoms. The van der Waals surface area contributed by atoms with E-state index in [1.54, 1.807) is 0 Å². The third-order valence-electron chi connectivity index (χ3n) is 9.03. The maximum absolute atomic E-state index is 13.0. The maximum atomic E-state index is 13.0. The average Bonchev–Trinajstić information content (AvgIpc) is 3.27. The molecular formula is C26H30O3S. The van der Waals surface area contributed by atoms with E-state index in [0.29, 0.717) is 23.2 Å². The zero-order chi connectivity index (χ0) is 20.7. The van der Waals surface area contributed by atoms with Crippen LogP contribution in [0.25, 0.3) is 0 Å². The van der Waals surface area contributed by atoms with E-state index < -0.39 is 10.8 Å². The molecule has 2 aromatic rings. The van der Waals surface area contributed by atoms with Crippen LogP contribution in [0, 0.1) is 22.7 Å². The van der Waals surface area contributed by atoms with Crippen LogP contribution in [-0.2, 0) is 26.0 Å². The number of fused-ring (bicyclic) bond motifs is 7. The van der Waals surface area contributed by atoms with Crippen molar-refractivity contribution >= 4 is 10.8 Å². The summed E-state index contributed by atoms with van der Waals surface area (Å²) in [5.41, 5.74) is 3.85. The van der Waals surface area contributed by atoms with Gasteiger partial charge in [0.25, 0.3) is 0 Å². The highest BCUT2D eigenvalue weighted by molar-refractivity contribution is 7.84. The monoisotopic (exact) mass is 422 g/mol. The van der Waals surface area contributed by atoms with E-state index in [4.69, 9.17) is 9.47 Å². The minimum atomic E-state index is -1.06. The van der Waals surface area contributed by atoms with Gasteiger partial charge >= 0.3 is 0 Å². The minimum absolute atomic E-state index is 0.200. The first kappa shape index (κ1) is 19.2. The van der Waals surface area contributed by atoms with Crippen molar-refractivity contribution in [2.24, 2.45) is 22.7 Å². The maximum Gasteiger partial charge on any atom is 0.159 e. The van der Waals surface area contributed by atoms with Crippen LogP contribution < -0.4 is 0 Å². The molecule has 3 fully saturated rings. The van der Waals surface area contributed by atoms with Crippen LogP contribution in [0.1, 0.15) is 62.8 Å². The Labute approximate surface area is 181 Å². The summed E-state index contributed by atoms with van der Waals surface area (Å²) in [7, 11) is -1.06. The van der Waals surface area contributed by atoms with E-state index in [1.807, 2.05) is 24.3 Å². The van der Waals surface area contributed by atoms with Crippen LogP contribution in [0.5, 0.6) is 0 Å². The lowest BCUT2D eigenvalue weighted by atomic mass is 9.70. The third-order valence-corrected chi connectivity index (χ3v) is 10.5. The zero-order valence-corrected chi connectivity index (χ0v) is 18.8. The van der Waals surface area contributed by atoms with Gasteiger partial charge in [0.15, 0.2) is 6.29 Å². The van der Waals surface area contributed by atoms with Gasteiger partial charge < -0.3 is 9.47 Å². The lowest BCUT2D eigenvalue weighted by Crippen LogP contribution is -2.38. The summed E-state index contributed by atoms with van der Waals surface area (Å²) < 4.78 is 26.5. The zero-order valence-electron chi connectivity index (χ0n) is 18.0. The van der Waals surface area contributed by atoms with Crippen LogP contribution in [0.3, 0.4) is 0 Å². The normalized spacial score (nSPS) is 40.5. The molecule has 2 aliphatic carbocycles. The molecule has 2 aromatic carbocycles. The van der Waals surface area contributed by atoms with Crippen LogP contribution in [0.15, 0.2) is 53.4 Å². The fourth-order valence-electron chi connectivity index (χ4n) is 7.08. The Morgan fingerprint density at radius 2 is 1.77 bits per heavy atom. The van der Waals surface area contributed by atoms with Gasteiger partial charge in [-0.15, -0.1) is 0 Å². The molecule has 2 bridgehead atoms. The van der Waals surface area contributed by atoms with Gasteiger partial charge in [-0.2, -0.15) is 0 Å². The SMILES string of the molecule is CC1(C)[C@@H]2CC[C@@]1(C)[C@H]1O[C@H](O[C@@H]3c4ccccc4CS(=O)c4ccccc43)C[C@@H]21. The average molecular weight is 423 g/mol. The second kappa shape index (κ2) is 6.51.